The average Bonchev–Trinajstić information content (AvgIpc) is 3.08. The SMILES string of the molecule is CC[C@H]1CN(C(=O)c2ccccc2NC(=O)c2ccc(C)o2)CCN1. The summed E-state index contributed by atoms with van der Waals surface area (Å²) < 4.78 is 5.35. The zero-order valence-corrected chi connectivity index (χ0v) is 14.5. The van der Waals surface area contributed by atoms with Gasteiger partial charge in [-0.05, 0) is 37.6 Å². The quantitative estimate of drug-likeness (QED) is 0.896. The number of aryl methyl sites for hydroxylation is 1. The number of hydrogen-bond donors (Lipinski definition) is 2. The number of anilines is 1. The third kappa shape index (κ3) is 3.91. The zero-order chi connectivity index (χ0) is 17.8. The number of hydrogen-bond acceptors (Lipinski definition) is 4. The molecule has 0 aliphatic carbocycles. The van der Waals surface area contributed by atoms with Crippen molar-refractivity contribution in [2.45, 2.75) is 26.3 Å². The van der Waals surface area contributed by atoms with E-state index in [4.69, 9.17) is 4.42 Å². The maximum atomic E-state index is 12.9. The van der Waals surface area contributed by atoms with E-state index in [1.165, 1.54) is 0 Å². The topological polar surface area (TPSA) is 74.6 Å². The summed E-state index contributed by atoms with van der Waals surface area (Å²) in [6, 6.07) is 10.8. The molecule has 1 fully saturated rings. The molecule has 3 rings (SSSR count). The summed E-state index contributed by atoms with van der Waals surface area (Å²) >= 11 is 0. The summed E-state index contributed by atoms with van der Waals surface area (Å²) in [7, 11) is 0. The number of amides is 2. The van der Waals surface area contributed by atoms with Crippen molar-refractivity contribution >= 4 is 17.5 Å². The normalized spacial score (nSPS) is 17.4. The first-order valence-corrected chi connectivity index (χ1v) is 8.58. The van der Waals surface area contributed by atoms with Gasteiger partial charge >= 0.3 is 0 Å². The fourth-order valence-corrected chi connectivity index (χ4v) is 2.97. The van der Waals surface area contributed by atoms with E-state index in [0.717, 1.165) is 13.0 Å². The predicted molar refractivity (Wildman–Crippen MR) is 95.8 cm³/mol. The van der Waals surface area contributed by atoms with Crippen molar-refractivity contribution in [3.05, 3.63) is 53.5 Å². The number of nitrogens with one attached hydrogen (secondary N) is 2. The van der Waals surface area contributed by atoms with Gasteiger partial charge in [0.05, 0.1) is 11.3 Å². The molecular formula is C19H23N3O3. The van der Waals surface area contributed by atoms with Crippen molar-refractivity contribution in [3.8, 4) is 0 Å². The van der Waals surface area contributed by atoms with Gasteiger partial charge in [-0.15, -0.1) is 0 Å². The van der Waals surface area contributed by atoms with E-state index in [1.807, 2.05) is 4.90 Å². The molecule has 1 aromatic carbocycles. The van der Waals surface area contributed by atoms with Crippen molar-refractivity contribution < 1.29 is 14.0 Å². The van der Waals surface area contributed by atoms with Gasteiger partial charge in [0.2, 0.25) is 0 Å². The Bertz CT molecular complexity index is 769. The summed E-state index contributed by atoms with van der Waals surface area (Å²) in [6.45, 7) is 6.00. The van der Waals surface area contributed by atoms with Gasteiger partial charge in [-0.1, -0.05) is 19.1 Å². The molecule has 1 saturated heterocycles. The van der Waals surface area contributed by atoms with Crippen LogP contribution < -0.4 is 10.6 Å². The third-order valence-corrected chi connectivity index (χ3v) is 4.41. The Morgan fingerprint density at radius 1 is 1.28 bits per heavy atom. The van der Waals surface area contributed by atoms with Crippen LogP contribution in [-0.2, 0) is 0 Å². The number of rotatable bonds is 4. The summed E-state index contributed by atoms with van der Waals surface area (Å²) in [5, 5.41) is 6.19. The molecular weight excluding hydrogens is 318 g/mol. The van der Waals surface area contributed by atoms with Crippen LogP contribution in [0.15, 0.2) is 40.8 Å². The molecule has 2 heterocycles. The Hall–Kier alpha value is -2.60. The molecule has 6 heteroatoms. The predicted octanol–water partition coefficient (Wildman–Crippen LogP) is 2.66. The lowest BCUT2D eigenvalue weighted by Crippen LogP contribution is -2.52. The fraction of sp³-hybridized carbons (Fsp3) is 0.368. The van der Waals surface area contributed by atoms with Crippen LogP contribution in [-0.4, -0.2) is 42.4 Å². The number of para-hydroxylation sites is 1. The molecule has 1 aromatic heterocycles. The van der Waals surface area contributed by atoms with Gasteiger partial charge < -0.3 is 20.0 Å². The van der Waals surface area contributed by atoms with Gasteiger partial charge in [0.1, 0.15) is 5.76 Å². The highest BCUT2D eigenvalue weighted by molar-refractivity contribution is 6.07. The van der Waals surface area contributed by atoms with Crippen molar-refractivity contribution in [1.29, 1.82) is 0 Å². The highest BCUT2D eigenvalue weighted by Crippen LogP contribution is 2.20. The molecule has 2 aromatic rings. The second kappa shape index (κ2) is 7.53. The van der Waals surface area contributed by atoms with Gasteiger partial charge in [0.25, 0.3) is 11.8 Å². The average molecular weight is 341 g/mol. The minimum atomic E-state index is -0.361. The largest absolute Gasteiger partial charge is 0.456 e. The van der Waals surface area contributed by atoms with E-state index in [2.05, 4.69) is 17.6 Å². The van der Waals surface area contributed by atoms with Gasteiger partial charge in [-0.2, -0.15) is 0 Å². The van der Waals surface area contributed by atoms with Gasteiger partial charge in [-0.25, -0.2) is 0 Å². The minimum absolute atomic E-state index is 0.0634. The lowest BCUT2D eigenvalue weighted by molar-refractivity contribution is 0.0702. The zero-order valence-electron chi connectivity index (χ0n) is 14.5. The Morgan fingerprint density at radius 3 is 2.80 bits per heavy atom. The van der Waals surface area contributed by atoms with Crippen LogP contribution in [0.4, 0.5) is 5.69 Å². The van der Waals surface area contributed by atoms with Crippen molar-refractivity contribution in [2.75, 3.05) is 25.0 Å². The molecule has 6 nitrogen and oxygen atoms in total. The molecule has 0 bridgehead atoms. The first kappa shape index (κ1) is 17.2. The number of benzene rings is 1. The lowest BCUT2D eigenvalue weighted by Gasteiger charge is -2.33. The molecule has 132 valence electrons. The van der Waals surface area contributed by atoms with Gasteiger partial charge in [0, 0.05) is 25.7 Å². The first-order valence-electron chi connectivity index (χ1n) is 8.58. The van der Waals surface area contributed by atoms with Crippen LogP contribution in [0.2, 0.25) is 0 Å². The van der Waals surface area contributed by atoms with Crippen molar-refractivity contribution in [2.24, 2.45) is 0 Å². The highest BCUT2D eigenvalue weighted by Gasteiger charge is 2.25. The van der Waals surface area contributed by atoms with Gasteiger partial charge in [0.15, 0.2) is 5.76 Å². The number of carbonyl (C=O) groups excluding carboxylic acids is 2. The summed E-state index contributed by atoms with van der Waals surface area (Å²) in [5.41, 5.74) is 0.994. The van der Waals surface area contributed by atoms with Crippen LogP contribution in [0.3, 0.4) is 0 Å². The van der Waals surface area contributed by atoms with Crippen LogP contribution in [0.5, 0.6) is 0 Å². The summed E-state index contributed by atoms with van der Waals surface area (Å²) in [5.74, 6) is 0.473. The summed E-state index contributed by atoms with van der Waals surface area (Å²) in [6.07, 6.45) is 0.972. The number of nitrogens with zero attached hydrogens (tertiary/aromatic N) is 1. The minimum Gasteiger partial charge on any atom is -0.456 e. The van der Waals surface area contributed by atoms with E-state index in [9.17, 15) is 9.59 Å². The molecule has 1 aliphatic rings. The van der Waals surface area contributed by atoms with Gasteiger partial charge in [-0.3, -0.25) is 9.59 Å². The second-order valence-corrected chi connectivity index (χ2v) is 6.22. The molecule has 1 atom stereocenters. The van der Waals surface area contributed by atoms with Crippen LogP contribution in [0, 0.1) is 6.92 Å². The Kier molecular flexibility index (Phi) is 5.19. The fourth-order valence-electron chi connectivity index (χ4n) is 2.97. The first-order chi connectivity index (χ1) is 12.1. The van der Waals surface area contributed by atoms with E-state index >= 15 is 0 Å². The highest BCUT2D eigenvalue weighted by atomic mass is 16.3. The molecule has 1 aliphatic heterocycles. The monoisotopic (exact) mass is 341 g/mol. The summed E-state index contributed by atoms with van der Waals surface area (Å²) in [4.78, 5) is 27.1. The van der Waals surface area contributed by atoms with Crippen LogP contribution >= 0.6 is 0 Å². The van der Waals surface area contributed by atoms with Crippen LogP contribution in [0.1, 0.15) is 40.0 Å². The Balaban J connectivity index is 1.78. The molecule has 2 N–H and O–H groups in total. The molecule has 25 heavy (non-hydrogen) atoms. The van der Waals surface area contributed by atoms with Crippen LogP contribution in [0.25, 0.3) is 0 Å². The Morgan fingerprint density at radius 2 is 2.08 bits per heavy atom. The Labute approximate surface area is 147 Å². The maximum absolute atomic E-state index is 12.9. The number of piperazine rings is 1. The molecule has 2 amide bonds. The molecule has 0 radical (unpaired) electrons. The standard InChI is InChI=1S/C19H23N3O3/c1-3-14-12-22(11-10-20-14)19(24)15-6-4-5-7-16(15)21-18(23)17-9-8-13(2)25-17/h4-9,14,20H,3,10-12H2,1-2H3,(H,21,23)/t14-/m0/s1. The van der Waals surface area contributed by atoms with Crippen molar-refractivity contribution in [3.63, 3.8) is 0 Å². The third-order valence-electron chi connectivity index (χ3n) is 4.41. The van der Waals surface area contributed by atoms with E-state index < -0.39 is 0 Å². The molecule has 0 saturated carbocycles. The van der Waals surface area contributed by atoms with E-state index in [0.29, 0.717) is 36.1 Å². The second-order valence-electron chi connectivity index (χ2n) is 6.22. The lowest BCUT2D eigenvalue weighted by atomic mass is 10.1. The number of furan rings is 1. The maximum Gasteiger partial charge on any atom is 0.291 e. The van der Waals surface area contributed by atoms with E-state index in [-0.39, 0.29) is 17.6 Å². The van der Waals surface area contributed by atoms with E-state index in [1.54, 1.807) is 43.3 Å². The van der Waals surface area contributed by atoms with Crippen molar-refractivity contribution in [1.82, 2.24) is 10.2 Å². The molecule has 0 unspecified atom stereocenters. The smallest absolute Gasteiger partial charge is 0.291 e. The number of carbonyl (C=O) groups is 2. The molecule has 0 spiro atoms.